The third kappa shape index (κ3) is 3.75. The fraction of sp³-hybridized carbons (Fsp3) is 0.250. The maximum atomic E-state index is 12.7. The third-order valence-electron chi connectivity index (χ3n) is 3.55. The number of carbonyl (C=O) groups excluding carboxylic acids is 1. The zero-order valence-corrected chi connectivity index (χ0v) is 13.2. The van der Waals surface area contributed by atoms with Crippen LogP contribution in [0.4, 0.5) is 5.69 Å². The first-order valence-electron chi connectivity index (χ1n) is 7.34. The summed E-state index contributed by atoms with van der Waals surface area (Å²) in [5.41, 5.74) is 0.645. The van der Waals surface area contributed by atoms with Crippen LogP contribution in [0.25, 0.3) is 0 Å². The first-order valence-corrected chi connectivity index (χ1v) is 8.78. The van der Waals surface area contributed by atoms with Gasteiger partial charge in [-0.15, -0.1) is 0 Å². The molecule has 2 aromatic rings. The lowest BCUT2D eigenvalue weighted by Crippen LogP contribution is -2.39. The number of pyridine rings is 1. The van der Waals surface area contributed by atoms with Crippen LogP contribution < -0.4 is 5.32 Å². The Balaban J connectivity index is 1.76. The van der Waals surface area contributed by atoms with Crippen LogP contribution in [0.1, 0.15) is 12.8 Å². The minimum Gasteiger partial charge on any atom is -0.325 e. The Morgan fingerprint density at radius 1 is 1.17 bits per heavy atom. The number of anilines is 1. The predicted molar refractivity (Wildman–Crippen MR) is 86.2 cm³/mol. The van der Waals surface area contributed by atoms with E-state index in [1.165, 1.54) is 22.8 Å². The summed E-state index contributed by atoms with van der Waals surface area (Å²) < 4.78 is 26.7. The van der Waals surface area contributed by atoms with Crippen molar-refractivity contribution in [1.82, 2.24) is 9.29 Å². The number of nitrogens with one attached hydrogen (secondary N) is 1. The molecule has 6 nitrogen and oxygen atoms in total. The molecular weight excluding hydrogens is 314 g/mol. The number of carbonyl (C=O) groups is 1. The molecular formula is C16H17N3O3S. The molecule has 120 valence electrons. The van der Waals surface area contributed by atoms with Gasteiger partial charge in [0.1, 0.15) is 4.90 Å². The number of hydrogen-bond acceptors (Lipinski definition) is 4. The molecule has 1 aliphatic rings. The van der Waals surface area contributed by atoms with Crippen molar-refractivity contribution in [3.05, 3.63) is 54.9 Å². The molecule has 1 heterocycles. The summed E-state index contributed by atoms with van der Waals surface area (Å²) >= 11 is 0. The second kappa shape index (κ2) is 6.47. The Hall–Kier alpha value is -2.25. The van der Waals surface area contributed by atoms with Crippen LogP contribution >= 0.6 is 0 Å². The number of amides is 1. The summed E-state index contributed by atoms with van der Waals surface area (Å²) in [6.07, 6.45) is 4.37. The molecule has 1 N–H and O–H groups in total. The Morgan fingerprint density at radius 2 is 1.91 bits per heavy atom. The molecule has 0 radical (unpaired) electrons. The normalized spacial score (nSPS) is 14.7. The van der Waals surface area contributed by atoms with Crippen molar-refractivity contribution in [2.45, 2.75) is 23.8 Å². The third-order valence-corrected chi connectivity index (χ3v) is 5.43. The van der Waals surface area contributed by atoms with E-state index >= 15 is 0 Å². The molecule has 1 saturated carbocycles. The highest BCUT2D eigenvalue weighted by molar-refractivity contribution is 7.89. The van der Waals surface area contributed by atoms with E-state index in [1.54, 1.807) is 30.3 Å². The Bertz CT molecular complexity index is 775. The zero-order chi connectivity index (χ0) is 16.3. The Kier molecular flexibility index (Phi) is 4.40. The summed E-state index contributed by atoms with van der Waals surface area (Å²) in [5.74, 6) is -0.351. The van der Waals surface area contributed by atoms with Crippen LogP contribution in [0.2, 0.25) is 0 Å². The standard InChI is InChI=1S/C16H17N3O3S/c20-16(18-13-5-2-1-3-6-13)12-19(14-8-9-14)23(21,22)15-7-4-10-17-11-15/h1-7,10-11,14H,8-9,12H2,(H,18,20). The van der Waals surface area contributed by atoms with Crippen molar-refractivity contribution in [3.63, 3.8) is 0 Å². The molecule has 1 amide bonds. The van der Waals surface area contributed by atoms with Crippen LogP contribution in [0.5, 0.6) is 0 Å². The molecule has 0 unspecified atom stereocenters. The maximum Gasteiger partial charge on any atom is 0.245 e. The van der Waals surface area contributed by atoms with Gasteiger partial charge in [-0.1, -0.05) is 18.2 Å². The molecule has 0 atom stereocenters. The van der Waals surface area contributed by atoms with E-state index in [2.05, 4.69) is 10.3 Å². The highest BCUT2D eigenvalue weighted by atomic mass is 32.2. The van der Waals surface area contributed by atoms with Crippen LogP contribution in [0.3, 0.4) is 0 Å². The average Bonchev–Trinajstić information content (AvgIpc) is 3.39. The number of para-hydroxylation sites is 1. The number of aromatic nitrogens is 1. The van der Waals surface area contributed by atoms with Gasteiger partial charge in [0.15, 0.2) is 0 Å². The lowest BCUT2D eigenvalue weighted by Gasteiger charge is -2.21. The number of sulfonamides is 1. The maximum absolute atomic E-state index is 12.7. The number of benzene rings is 1. The van der Waals surface area contributed by atoms with Crippen molar-refractivity contribution >= 4 is 21.6 Å². The van der Waals surface area contributed by atoms with Crippen LogP contribution in [-0.2, 0) is 14.8 Å². The lowest BCUT2D eigenvalue weighted by molar-refractivity contribution is -0.116. The van der Waals surface area contributed by atoms with Crippen LogP contribution in [0, 0.1) is 0 Å². The fourth-order valence-corrected chi connectivity index (χ4v) is 3.88. The molecule has 0 aliphatic heterocycles. The van der Waals surface area contributed by atoms with Gasteiger partial charge in [-0.2, -0.15) is 4.31 Å². The fourth-order valence-electron chi connectivity index (χ4n) is 2.27. The van der Waals surface area contributed by atoms with E-state index < -0.39 is 10.0 Å². The molecule has 0 spiro atoms. The van der Waals surface area contributed by atoms with E-state index in [0.29, 0.717) is 5.69 Å². The quantitative estimate of drug-likeness (QED) is 0.876. The monoisotopic (exact) mass is 331 g/mol. The largest absolute Gasteiger partial charge is 0.325 e. The van der Waals surface area contributed by atoms with Gasteiger partial charge in [0.2, 0.25) is 15.9 Å². The summed E-state index contributed by atoms with van der Waals surface area (Å²) in [4.78, 5) is 16.2. The smallest absolute Gasteiger partial charge is 0.245 e. The van der Waals surface area contributed by atoms with Gasteiger partial charge in [-0.05, 0) is 37.1 Å². The van der Waals surface area contributed by atoms with E-state index in [1.807, 2.05) is 6.07 Å². The number of nitrogens with zero attached hydrogens (tertiary/aromatic N) is 2. The molecule has 3 rings (SSSR count). The number of hydrogen-bond donors (Lipinski definition) is 1. The highest BCUT2D eigenvalue weighted by Gasteiger charge is 2.39. The van der Waals surface area contributed by atoms with E-state index in [0.717, 1.165) is 12.8 Å². The first-order chi connectivity index (χ1) is 11.1. The SMILES string of the molecule is O=C(CN(C1CC1)S(=O)(=O)c1cccnc1)Nc1ccccc1. The van der Waals surface area contributed by atoms with Crippen LogP contribution in [0.15, 0.2) is 59.8 Å². The molecule has 0 saturated heterocycles. The van der Waals surface area contributed by atoms with E-state index in [9.17, 15) is 13.2 Å². The molecule has 0 bridgehead atoms. The summed E-state index contributed by atoms with van der Waals surface area (Å²) in [6, 6.07) is 11.9. The second-order valence-corrected chi connectivity index (χ2v) is 7.27. The van der Waals surface area contributed by atoms with E-state index in [-0.39, 0.29) is 23.4 Å². The van der Waals surface area contributed by atoms with Crippen LogP contribution in [-0.4, -0.2) is 36.2 Å². The molecule has 1 fully saturated rings. The van der Waals surface area contributed by atoms with Crippen molar-refractivity contribution in [2.75, 3.05) is 11.9 Å². The van der Waals surface area contributed by atoms with Crippen molar-refractivity contribution in [3.8, 4) is 0 Å². The van der Waals surface area contributed by atoms with Gasteiger partial charge in [0.05, 0.1) is 6.54 Å². The minimum absolute atomic E-state index is 0.110. The topological polar surface area (TPSA) is 79.4 Å². The molecule has 7 heteroatoms. The van der Waals surface area contributed by atoms with Gasteiger partial charge in [0, 0.05) is 24.1 Å². The van der Waals surface area contributed by atoms with Crippen molar-refractivity contribution in [2.24, 2.45) is 0 Å². The van der Waals surface area contributed by atoms with E-state index in [4.69, 9.17) is 0 Å². The lowest BCUT2D eigenvalue weighted by atomic mass is 10.3. The Morgan fingerprint density at radius 3 is 2.52 bits per heavy atom. The Labute approximate surface area is 135 Å². The van der Waals surface area contributed by atoms with Gasteiger partial charge in [0.25, 0.3) is 0 Å². The summed E-state index contributed by atoms with van der Waals surface area (Å²) in [6.45, 7) is -0.198. The molecule has 1 aromatic carbocycles. The number of rotatable bonds is 6. The van der Waals surface area contributed by atoms with Crippen molar-refractivity contribution in [1.29, 1.82) is 0 Å². The van der Waals surface area contributed by atoms with Gasteiger partial charge >= 0.3 is 0 Å². The second-order valence-electron chi connectivity index (χ2n) is 5.38. The van der Waals surface area contributed by atoms with Gasteiger partial charge < -0.3 is 5.32 Å². The highest BCUT2D eigenvalue weighted by Crippen LogP contribution is 2.31. The average molecular weight is 331 g/mol. The van der Waals surface area contributed by atoms with Gasteiger partial charge in [-0.3, -0.25) is 9.78 Å². The summed E-state index contributed by atoms with van der Waals surface area (Å²) in [5, 5.41) is 2.72. The minimum atomic E-state index is -3.72. The molecule has 1 aliphatic carbocycles. The summed E-state index contributed by atoms with van der Waals surface area (Å²) in [7, 11) is -3.72. The van der Waals surface area contributed by atoms with Crippen molar-refractivity contribution < 1.29 is 13.2 Å². The molecule has 1 aromatic heterocycles. The zero-order valence-electron chi connectivity index (χ0n) is 12.4. The predicted octanol–water partition coefficient (Wildman–Crippen LogP) is 1.87. The first kappa shape index (κ1) is 15.6. The van der Waals surface area contributed by atoms with Gasteiger partial charge in [-0.25, -0.2) is 8.42 Å². The molecule has 23 heavy (non-hydrogen) atoms.